The zero-order valence-corrected chi connectivity index (χ0v) is 21.1. The second kappa shape index (κ2) is 10.1. The van der Waals surface area contributed by atoms with Gasteiger partial charge in [0, 0.05) is 56.1 Å². The van der Waals surface area contributed by atoms with Gasteiger partial charge in [-0.25, -0.2) is 18.0 Å². The molecule has 36 heavy (non-hydrogen) atoms. The summed E-state index contributed by atoms with van der Waals surface area (Å²) in [6.45, 7) is 2.47. The number of carbonyl (C=O) groups is 1. The van der Waals surface area contributed by atoms with Gasteiger partial charge in [0.15, 0.2) is 11.4 Å². The van der Waals surface area contributed by atoms with E-state index in [4.69, 9.17) is 27.7 Å². The number of amides is 2. The number of aliphatic hydroxyl groups is 1. The number of alkyl halides is 3. The molecule has 2 unspecified atom stereocenters. The first kappa shape index (κ1) is 26.5. The first-order valence-electron chi connectivity index (χ1n) is 11.4. The van der Waals surface area contributed by atoms with Gasteiger partial charge in [0.1, 0.15) is 6.61 Å². The highest BCUT2D eigenvalue weighted by atomic mass is 35.5. The molecule has 2 N–H and O–H groups in total. The smallest absolute Gasteiger partial charge is 0.321 e. The Labute approximate surface area is 215 Å². The number of urea groups is 1. The van der Waals surface area contributed by atoms with Gasteiger partial charge in [-0.2, -0.15) is 0 Å². The molecule has 3 heterocycles. The lowest BCUT2D eigenvalue weighted by atomic mass is 9.84. The first-order valence-corrected chi connectivity index (χ1v) is 12.1. The minimum absolute atomic E-state index is 0.0128. The quantitative estimate of drug-likeness (QED) is 0.481. The Morgan fingerprint density at radius 2 is 2.00 bits per heavy atom. The van der Waals surface area contributed by atoms with Gasteiger partial charge in [-0.3, -0.25) is 4.99 Å². The fraction of sp³-hybridized carbons (Fsp3) is 0.458. The molecule has 0 aliphatic carbocycles. The zero-order valence-electron chi connectivity index (χ0n) is 19.6. The van der Waals surface area contributed by atoms with Crippen LogP contribution in [-0.4, -0.2) is 51.7 Å². The van der Waals surface area contributed by atoms with Gasteiger partial charge in [-0.1, -0.05) is 34.4 Å². The van der Waals surface area contributed by atoms with Crippen molar-refractivity contribution in [3.05, 3.63) is 57.4 Å². The van der Waals surface area contributed by atoms with Crippen molar-refractivity contribution in [3.8, 4) is 0 Å². The maximum Gasteiger partial charge on any atom is 0.321 e. The summed E-state index contributed by atoms with van der Waals surface area (Å²) < 4.78 is 48.1. The Hall–Kier alpha value is -2.56. The van der Waals surface area contributed by atoms with E-state index in [-0.39, 0.29) is 71.5 Å². The summed E-state index contributed by atoms with van der Waals surface area (Å²) in [6, 6.07) is 4.52. The lowest BCUT2D eigenvalue weighted by Crippen LogP contribution is -2.50. The predicted octanol–water partition coefficient (Wildman–Crippen LogP) is 6.02. The molecule has 194 valence electrons. The van der Waals surface area contributed by atoms with Crippen LogP contribution in [0.5, 0.6) is 0 Å². The molecular weight excluding hydrogens is 520 g/mol. The summed E-state index contributed by atoms with van der Waals surface area (Å²) >= 11 is 12.4. The van der Waals surface area contributed by atoms with Gasteiger partial charge in [0.25, 0.3) is 5.92 Å². The number of likely N-dealkylation sites (tertiary alicyclic amines) is 1. The Kier molecular flexibility index (Phi) is 7.41. The summed E-state index contributed by atoms with van der Waals surface area (Å²) in [5.41, 5.74) is -1.21. The van der Waals surface area contributed by atoms with Crippen molar-refractivity contribution in [1.29, 1.82) is 0 Å². The molecule has 2 amide bonds. The molecule has 0 radical (unpaired) electrons. The fourth-order valence-corrected chi connectivity index (χ4v) is 5.10. The number of aliphatic imine (C=N–C) groups is 1. The van der Waals surface area contributed by atoms with Crippen LogP contribution in [0.3, 0.4) is 0 Å². The van der Waals surface area contributed by atoms with E-state index < -0.39 is 17.6 Å². The molecule has 4 rings (SSSR count). The van der Waals surface area contributed by atoms with Crippen molar-refractivity contribution in [2.75, 3.05) is 18.4 Å². The molecule has 7 nitrogen and oxygen atoms in total. The molecule has 12 heteroatoms. The number of allylic oxidation sites excluding steroid dienone is 1. The molecule has 2 atom stereocenters. The minimum Gasteiger partial charge on any atom is -0.388 e. The Morgan fingerprint density at radius 3 is 2.58 bits per heavy atom. The number of aromatic nitrogens is 1. The van der Waals surface area contributed by atoms with Gasteiger partial charge in [0.2, 0.25) is 0 Å². The topological polar surface area (TPSA) is 91.0 Å². The number of nitrogens with zero attached hydrogens (tertiary/aromatic N) is 3. The van der Waals surface area contributed by atoms with Crippen LogP contribution in [0.15, 0.2) is 44.9 Å². The summed E-state index contributed by atoms with van der Waals surface area (Å²) in [5.74, 6) is -3.13. The standard InChI is InChI=1S/C24H25Cl2F3N4O3/c1-13-16(20-10-15(12-34)36-32-20)11-19(26)21(30-13)24(29)5-7-33(8-6-24)22(35)31-14-3-4-17(18(25)9-14)23(2,27)28/h3-4,9-11,13,16,34H,5-8,12H2,1-2H3,(H,31,35). The third kappa shape index (κ3) is 5.40. The zero-order chi connectivity index (χ0) is 26.3. The molecule has 1 aromatic carbocycles. The molecule has 2 aliphatic rings. The third-order valence-corrected chi connectivity index (χ3v) is 7.06. The van der Waals surface area contributed by atoms with Crippen LogP contribution in [0.1, 0.15) is 49.6 Å². The van der Waals surface area contributed by atoms with E-state index in [1.165, 1.54) is 17.0 Å². The normalized spacial score (nSPS) is 22.2. The van der Waals surface area contributed by atoms with Crippen LogP contribution in [0.2, 0.25) is 5.02 Å². The number of anilines is 1. The number of halogens is 5. The van der Waals surface area contributed by atoms with Crippen LogP contribution < -0.4 is 5.32 Å². The van der Waals surface area contributed by atoms with Gasteiger partial charge < -0.3 is 19.8 Å². The molecule has 0 bridgehead atoms. The number of aliphatic hydroxyl groups excluding tert-OH is 1. The SMILES string of the molecule is CC1N=C(C2(F)CCN(C(=O)Nc3ccc(C(C)(F)F)c(Cl)c3)CC2)C(Cl)=CC1c1cc(CO)on1. The average molecular weight is 545 g/mol. The van der Waals surface area contributed by atoms with Crippen molar-refractivity contribution >= 4 is 40.6 Å². The highest BCUT2D eigenvalue weighted by Gasteiger charge is 2.44. The second-order valence-electron chi connectivity index (χ2n) is 9.10. The van der Waals surface area contributed by atoms with E-state index in [2.05, 4.69) is 15.5 Å². The van der Waals surface area contributed by atoms with E-state index in [9.17, 15) is 18.7 Å². The largest absolute Gasteiger partial charge is 0.388 e. The highest BCUT2D eigenvalue weighted by Crippen LogP contribution is 2.39. The molecule has 0 spiro atoms. The number of carbonyl (C=O) groups excluding carboxylic acids is 1. The van der Waals surface area contributed by atoms with Crippen LogP contribution in [0.25, 0.3) is 0 Å². The molecular formula is C24H25Cl2F3N4O3. The number of rotatable bonds is 5. The summed E-state index contributed by atoms with van der Waals surface area (Å²) in [7, 11) is 0. The van der Waals surface area contributed by atoms with Gasteiger partial charge in [-0.15, -0.1) is 0 Å². The number of hydrogen-bond acceptors (Lipinski definition) is 5. The van der Waals surface area contributed by atoms with E-state index in [0.29, 0.717) is 11.5 Å². The number of dihydropyridines is 1. The molecule has 0 saturated carbocycles. The highest BCUT2D eigenvalue weighted by molar-refractivity contribution is 6.45. The van der Waals surface area contributed by atoms with Gasteiger partial charge in [-0.05, 0) is 25.1 Å². The second-order valence-corrected chi connectivity index (χ2v) is 9.91. The molecule has 1 aromatic heterocycles. The maximum absolute atomic E-state index is 16.0. The first-order chi connectivity index (χ1) is 16.9. The van der Waals surface area contributed by atoms with Crippen molar-refractivity contribution in [2.24, 2.45) is 4.99 Å². The van der Waals surface area contributed by atoms with E-state index >= 15 is 4.39 Å². The fourth-order valence-electron chi connectivity index (χ4n) is 4.40. The van der Waals surface area contributed by atoms with Crippen molar-refractivity contribution in [1.82, 2.24) is 10.1 Å². The molecule has 1 saturated heterocycles. The number of hydrogen-bond donors (Lipinski definition) is 2. The molecule has 2 aromatic rings. The molecule has 2 aliphatic heterocycles. The predicted molar refractivity (Wildman–Crippen MR) is 131 cm³/mol. The Morgan fingerprint density at radius 1 is 1.31 bits per heavy atom. The summed E-state index contributed by atoms with van der Waals surface area (Å²) in [5, 5.41) is 15.8. The minimum atomic E-state index is -3.11. The monoisotopic (exact) mass is 544 g/mol. The number of piperidine rings is 1. The third-order valence-electron chi connectivity index (χ3n) is 6.44. The van der Waals surface area contributed by atoms with E-state index in [1.807, 2.05) is 6.92 Å². The Balaban J connectivity index is 1.40. The summed E-state index contributed by atoms with van der Waals surface area (Å²) in [4.78, 5) is 18.7. The van der Waals surface area contributed by atoms with Crippen LogP contribution in [0, 0.1) is 0 Å². The lowest BCUT2D eigenvalue weighted by Gasteiger charge is -2.38. The maximum atomic E-state index is 16.0. The van der Waals surface area contributed by atoms with Crippen LogP contribution in [-0.2, 0) is 12.5 Å². The number of benzene rings is 1. The van der Waals surface area contributed by atoms with Gasteiger partial charge in [0.05, 0.1) is 27.5 Å². The Bertz CT molecular complexity index is 1200. The van der Waals surface area contributed by atoms with E-state index in [1.54, 1.807) is 12.1 Å². The lowest BCUT2D eigenvalue weighted by molar-refractivity contribution is 0.0176. The van der Waals surface area contributed by atoms with Crippen LogP contribution >= 0.6 is 23.2 Å². The van der Waals surface area contributed by atoms with Gasteiger partial charge >= 0.3 is 6.03 Å². The molecule has 1 fully saturated rings. The van der Waals surface area contributed by atoms with Crippen molar-refractivity contribution in [3.63, 3.8) is 0 Å². The van der Waals surface area contributed by atoms with Crippen molar-refractivity contribution in [2.45, 2.75) is 56.8 Å². The van der Waals surface area contributed by atoms with E-state index in [0.717, 1.165) is 13.0 Å². The van der Waals surface area contributed by atoms with Crippen LogP contribution in [0.4, 0.5) is 23.7 Å². The number of nitrogens with one attached hydrogen (secondary N) is 1. The van der Waals surface area contributed by atoms with Crippen molar-refractivity contribution < 1.29 is 27.6 Å². The average Bonchev–Trinajstić information content (AvgIpc) is 3.29. The summed E-state index contributed by atoms with van der Waals surface area (Å²) in [6.07, 6.45) is 1.66.